The van der Waals surface area contributed by atoms with E-state index in [1.807, 2.05) is 24.6 Å². The lowest BCUT2D eigenvalue weighted by molar-refractivity contribution is 0.719. The lowest BCUT2D eigenvalue weighted by atomic mass is 10.3. The fourth-order valence-corrected chi connectivity index (χ4v) is 2.07. The van der Waals surface area contributed by atoms with E-state index in [0.717, 1.165) is 16.3 Å². The second kappa shape index (κ2) is 3.27. The van der Waals surface area contributed by atoms with Crippen molar-refractivity contribution in [1.29, 1.82) is 0 Å². The van der Waals surface area contributed by atoms with Crippen molar-refractivity contribution >= 4 is 11.3 Å². The average Bonchev–Trinajstić information content (AvgIpc) is 2.72. The summed E-state index contributed by atoms with van der Waals surface area (Å²) >= 11 is 1.67. The number of thiophene rings is 1. The lowest BCUT2D eigenvalue weighted by Gasteiger charge is -1.98. The van der Waals surface area contributed by atoms with Crippen LogP contribution in [0.25, 0.3) is 10.6 Å². The van der Waals surface area contributed by atoms with Gasteiger partial charge in [-0.25, -0.2) is 4.68 Å². The van der Waals surface area contributed by atoms with Crippen LogP contribution in [0.2, 0.25) is 0 Å². The van der Waals surface area contributed by atoms with Crippen LogP contribution in [-0.4, -0.2) is 15.0 Å². The molecule has 0 spiro atoms. The molecule has 4 nitrogen and oxygen atoms in total. The van der Waals surface area contributed by atoms with E-state index in [2.05, 4.69) is 10.3 Å². The molecule has 2 N–H and O–H groups in total. The number of nitrogens with zero attached hydrogens (tertiary/aromatic N) is 3. The summed E-state index contributed by atoms with van der Waals surface area (Å²) in [5, 5.41) is 9.95. The van der Waals surface area contributed by atoms with Gasteiger partial charge >= 0.3 is 0 Å². The molecule has 0 aliphatic heterocycles. The molecule has 2 heterocycles. The smallest absolute Gasteiger partial charge is 0.105 e. The Morgan fingerprint density at radius 3 is 3.08 bits per heavy atom. The van der Waals surface area contributed by atoms with Crippen molar-refractivity contribution in [2.24, 2.45) is 12.8 Å². The highest BCUT2D eigenvalue weighted by molar-refractivity contribution is 7.13. The molecule has 0 bridgehead atoms. The average molecular weight is 194 g/mol. The normalized spacial score (nSPS) is 10.6. The number of hydrogen-bond acceptors (Lipinski definition) is 4. The Morgan fingerprint density at radius 2 is 2.46 bits per heavy atom. The van der Waals surface area contributed by atoms with Gasteiger partial charge in [0.2, 0.25) is 0 Å². The molecule has 2 rings (SSSR count). The third kappa shape index (κ3) is 1.36. The molecule has 5 heteroatoms. The minimum Gasteiger partial charge on any atom is -0.325 e. The highest BCUT2D eigenvalue weighted by Crippen LogP contribution is 2.25. The van der Waals surface area contributed by atoms with Crippen molar-refractivity contribution in [3.05, 3.63) is 23.2 Å². The summed E-state index contributed by atoms with van der Waals surface area (Å²) in [6, 6.07) is 4.05. The zero-order valence-electron chi connectivity index (χ0n) is 7.27. The van der Waals surface area contributed by atoms with E-state index in [1.165, 1.54) is 0 Å². The van der Waals surface area contributed by atoms with Crippen LogP contribution in [0.5, 0.6) is 0 Å². The van der Waals surface area contributed by atoms with Gasteiger partial charge in [0.15, 0.2) is 0 Å². The van der Waals surface area contributed by atoms with E-state index in [0.29, 0.717) is 6.54 Å². The van der Waals surface area contributed by atoms with Crippen LogP contribution < -0.4 is 5.73 Å². The first-order valence-corrected chi connectivity index (χ1v) is 4.83. The van der Waals surface area contributed by atoms with Gasteiger partial charge in [0.05, 0.1) is 4.88 Å². The van der Waals surface area contributed by atoms with Gasteiger partial charge in [0, 0.05) is 13.6 Å². The third-order valence-electron chi connectivity index (χ3n) is 1.84. The maximum atomic E-state index is 5.56. The number of hydrogen-bond donors (Lipinski definition) is 1. The summed E-state index contributed by atoms with van der Waals surface area (Å²) in [4.78, 5) is 1.16. The van der Waals surface area contributed by atoms with Gasteiger partial charge in [-0.05, 0) is 11.4 Å². The molecule has 0 unspecified atom stereocenters. The Bertz CT molecular complexity index is 390. The molecule has 0 fully saturated rings. The Labute approximate surface area is 80.0 Å². The number of rotatable bonds is 2. The van der Waals surface area contributed by atoms with Crippen LogP contribution in [0.3, 0.4) is 0 Å². The molecule has 0 saturated heterocycles. The van der Waals surface area contributed by atoms with E-state index < -0.39 is 0 Å². The molecular formula is C8H10N4S. The first-order chi connectivity index (χ1) is 6.33. The second-order valence-corrected chi connectivity index (χ2v) is 3.64. The van der Waals surface area contributed by atoms with Crippen molar-refractivity contribution in [3.8, 4) is 10.6 Å². The molecule has 68 valence electrons. The first-order valence-electron chi connectivity index (χ1n) is 3.95. The predicted octanol–water partition coefficient (Wildman–Crippen LogP) is 1.00. The van der Waals surface area contributed by atoms with E-state index >= 15 is 0 Å². The van der Waals surface area contributed by atoms with Gasteiger partial charge in [0.25, 0.3) is 0 Å². The van der Waals surface area contributed by atoms with Crippen molar-refractivity contribution < 1.29 is 0 Å². The fourth-order valence-electron chi connectivity index (χ4n) is 1.25. The van der Waals surface area contributed by atoms with E-state index in [9.17, 15) is 0 Å². The summed E-state index contributed by atoms with van der Waals surface area (Å²) in [6.07, 6.45) is 0. The molecule has 0 saturated carbocycles. The maximum Gasteiger partial charge on any atom is 0.105 e. The number of nitrogens with two attached hydrogens (primary N) is 1. The standard InChI is InChI=1S/C8H10N4S/c1-12-8(6(5-9)10-11-12)7-3-2-4-13-7/h2-4H,5,9H2,1H3. The molecule has 13 heavy (non-hydrogen) atoms. The van der Waals surface area contributed by atoms with Crippen LogP contribution in [0.15, 0.2) is 17.5 Å². The second-order valence-electron chi connectivity index (χ2n) is 2.69. The van der Waals surface area contributed by atoms with Crippen molar-refractivity contribution in [1.82, 2.24) is 15.0 Å². The molecule has 0 radical (unpaired) electrons. The largest absolute Gasteiger partial charge is 0.325 e. The quantitative estimate of drug-likeness (QED) is 0.776. The van der Waals surface area contributed by atoms with Crippen LogP contribution >= 0.6 is 11.3 Å². The molecule has 2 aromatic rings. The summed E-state index contributed by atoms with van der Waals surface area (Å²) in [5.41, 5.74) is 7.44. The van der Waals surface area contributed by atoms with Crippen molar-refractivity contribution in [3.63, 3.8) is 0 Å². The van der Waals surface area contributed by atoms with E-state index in [-0.39, 0.29) is 0 Å². The summed E-state index contributed by atoms with van der Waals surface area (Å²) in [6.45, 7) is 0.432. The van der Waals surface area contributed by atoms with Gasteiger partial charge in [0.1, 0.15) is 11.4 Å². The molecule has 0 aliphatic rings. The Morgan fingerprint density at radius 1 is 1.62 bits per heavy atom. The summed E-state index contributed by atoms with van der Waals surface area (Å²) in [7, 11) is 1.88. The summed E-state index contributed by atoms with van der Waals surface area (Å²) in [5.74, 6) is 0. The van der Waals surface area contributed by atoms with Crippen LogP contribution in [0.4, 0.5) is 0 Å². The Hall–Kier alpha value is -1.20. The van der Waals surface area contributed by atoms with Gasteiger partial charge in [-0.3, -0.25) is 0 Å². The van der Waals surface area contributed by atoms with Gasteiger partial charge in [-0.15, -0.1) is 16.4 Å². The SMILES string of the molecule is Cn1nnc(CN)c1-c1cccs1. The van der Waals surface area contributed by atoms with E-state index in [4.69, 9.17) is 5.73 Å². The molecule has 0 aromatic carbocycles. The summed E-state index contributed by atoms with van der Waals surface area (Å²) < 4.78 is 1.76. The molecule has 2 aromatic heterocycles. The third-order valence-corrected chi connectivity index (χ3v) is 2.72. The van der Waals surface area contributed by atoms with Crippen LogP contribution in [0.1, 0.15) is 5.69 Å². The minimum absolute atomic E-state index is 0.432. The van der Waals surface area contributed by atoms with Gasteiger partial charge in [-0.1, -0.05) is 11.3 Å². The maximum absolute atomic E-state index is 5.56. The zero-order chi connectivity index (χ0) is 9.26. The highest BCUT2D eigenvalue weighted by Gasteiger charge is 2.11. The predicted molar refractivity (Wildman–Crippen MR) is 52.2 cm³/mol. The molecule has 0 atom stereocenters. The van der Waals surface area contributed by atoms with E-state index in [1.54, 1.807) is 16.0 Å². The van der Waals surface area contributed by atoms with Crippen LogP contribution in [-0.2, 0) is 13.6 Å². The minimum atomic E-state index is 0.432. The molecule has 0 aliphatic carbocycles. The van der Waals surface area contributed by atoms with Crippen LogP contribution in [0, 0.1) is 0 Å². The van der Waals surface area contributed by atoms with Crippen molar-refractivity contribution in [2.45, 2.75) is 6.54 Å². The molecule has 0 amide bonds. The lowest BCUT2D eigenvalue weighted by Crippen LogP contribution is -1.99. The van der Waals surface area contributed by atoms with Crippen molar-refractivity contribution in [2.75, 3.05) is 0 Å². The highest BCUT2D eigenvalue weighted by atomic mass is 32.1. The molecular weight excluding hydrogens is 184 g/mol. The Kier molecular flexibility index (Phi) is 2.12. The fraction of sp³-hybridized carbons (Fsp3) is 0.250. The first kappa shape index (κ1) is 8.40. The topological polar surface area (TPSA) is 56.7 Å². The monoisotopic (exact) mass is 194 g/mol. The number of aryl methyl sites for hydroxylation is 1. The van der Waals surface area contributed by atoms with Gasteiger partial charge in [-0.2, -0.15) is 0 Å². The Balaban J connectivity index is 2.55. The zero-order valence-corrected chi connectivity index (χ0v) is 8.08. The van der Waals surface area contributed by atoms with Gasteiger partial charge < -0.3 is 5.73 Å². The number of aromatic nitrogens is 3.